The van der Waals surface area contributed by atoms with Crippen LogP contribution in [0, 0.1) is 6.92 Å². The molecule has 0 bridgehead atoms. The molecular weight excluding hydrogens is 548 g/mol. The third-order valence-electron chi connectivity index (χ3n) is 5.75. The number of nitrogens with zero attached hydrogens (tertiary/aromatic N) is 6. The van der Waals surface area contributed by atoms with E-state index in [9.17, 15) is 9.59 Å². The normalized spacial score (nSPS) is 11.2. The Labute approximate surface area is 241 Å². The Hall–Kier alpha value is -4.06. The Morgan fingerprint density at radius 2 is 1.88 bits per heavy atom. The summed E-state index contributed by atoms with van der Waals surface area (Å²) in [5, 5.41) is 19.9. The van der Waals surface area contributed by atoms with Crippen LogP contribution < -0.4 is 10.7 Å². The average Bonchev–Trinajstić information content (AvgIpc) is 3.40. The molecule has 10 nitrogen and oxygen atoms in total. The van der Waals surface area contributed by atoms with Gasteiger partial charge in [0.1, 0.15) is 0 Å². The smallest absolute Gasteiger partial charge is 0.273 e. The van der Waals surface area contributed by atoms with Crippen LogP contribution in [0.1, 0.15) is 37.4 Å². The van der Waals surface area contributed by atoms with Crippen molar-refractivity contribution >= 4 is 47.1 Å². The fourth-order valence-corrected chi connectivity index (χ4v) is 4.59. The molecule has 0 aliphatic rings. The summed E-state index contributed by atoms with van der Waals surface area (Å²) in [5.74, 6) is -0.280. The lowest BCUT2D eigenvalue weighted by Crippen LogP contribution is -2.21. The number of aromatic nitrogens is 4. The van der Waals surface area contributed by atoms with Crippen molar-refractivity contribution in [1.29, 1.82) is 0 Å². The van der Waals surface area contributed by atoms with Crippen molar-refractivity contribution in [3.63, 3.8) is 0 Å². The number of nitrogens with one attached hydrogen (secondary N) is 2. The number of tetrazole rings is 1. The number of benzene rings is 3. The minimum atomic E-state index is -0.502. The fourth-order valence-electron chi connectivity index (χ4n) is 3.57. The molecule has 0 aliphatic carbocycles. The lowest BCUT2D eigenvalue weighted by Gasteiger charge is -2.12. The summed E-state index contributed by atoms with van der Waals surface area (Å²) in [6, 6.07) is 19.7. The molecular formula is C28H29ClN8O2S. The van der Waals surface area contributed by atoms with Gasteiger partial charge in [0.05, 0.1) is 24.0 Å². The maximum Gasteiger partial charge on any atom is 0.273 e. The molecule has 2 amide bonds. The van der Waals surface area contributed by atoms with Crippen LogP contribution in [0.5, 0.6) is 0 Å². The van der Waals surface area contributed by atoms with E-state index in [1.165, 1.54) is 17.8 Å². The molecule has 0 radical (unpaired) electrons. The molecule has 0 aliphatic heterocycles. The number of thioether (sulfide) groups is 1. The number of anilines is 1. The van der Waals surface area contributed by atoms with Crippen molar-refractivity contribution in [3.05, 3.63) is 99.6 Å². The highest BCUT2D eigenvalue weighted by molar-refractivity contribution is 7.98. The second kappa shape index (κ2) is 13.8. The zero-order valence-corrected chi connectivity index (χ0v) is 23.9. The number of hydrazone groups is 1. The number of likely N-dealkylation sites (N-methyl/N-ethyl adjacent to an activating group) is 1. The predicted octanol–water partition coefficient (Wildman–Crippen LogP) is 4.51. The van der Waals surface area contributed by atoms with Crippen LogP contribution in [-0.4, -0.2) is 63.8 Å². The minimum Gasteiger partial charge on any atom is -0.321 e. The first-order valence-electron chi connectivity index (χ1n) is 12.4. The van der Waals surface area contributed by atoms with E-state index in [1.807, 2.05) is 57.4 Å². The number of rotatable bonds is 11. The van der Waals surface area contributed by atoms with E-state index >= 15 is 0 Å². The number of amides is 2. The van der Waals surface area contributed by atoms with Crippen LogP contribution in [-0.2, 0) is 12.3 Å². The molecule has 2 N–H and O–H groups in total. The largest absolute Gasteiger partial charge is 0.321 e. The number of aryl methyl sites for hydroxylation is 1. The molecule has 12 heteroatoms. The summed E-state index contributed by atoms with van der Waals surface area (Å²) in [4.78, 5) is 28.1. The predicted molar refractivity (Wildman–Crippen MR) is 158 cm³/mol. The van der Waals surface area contributed by atoms with Crippen molar-refractivity contribution in [1.82, 2.24) is 30.5 Å². The summed E-state index contributed by atoms with van der Waals surface area (Å²) in [5.41, 5.74) is 6.35. The van der Waals surface area contributed by atoms with Crippen LogP contribution in [0.15, 0.2) is 77.0 Å². The van der Waals surface area contributed by atoms with Gasteiger partial charge in [0, 0.05) is 22.9 Å². The van der Waals surface area contributed by atoms with E-state index in [1.54, 1.807) is 35.2 Å². The monoisotopic (exact) mass is 576 g/mol. The first kappa shape index (κ1) is 28.9. The van der Waals surface area contributed by atoms with Crippen LogP contribution >= 0.6 is 23.4 Å². The van der Waals surface area contributed by atoms with Gasteiger partial charge < -0.3 is 10.2 Å². The van der Waals surface area contributed by atoms with Gasteiger partial charge in [-0.3, -0.25) is 9.59 Å². The Morgan fingerprint density at radius 3 is 2.65 bits per heavy atom. The van der Waals surface area contributed by atoms with Gasteiger partial charge in [-0.05, 0) is 72.9 Å². The maximum absolute atomic E-state index is 13.1. The molecule has 4 rings (SSSR count). The Kier molecular flexibility index (Phi) is 10.0. The van der Waals surface area contributed by atoms with Gasteiger partial charge in [-0.15, -0.1) is 5.10 Å². The summed E-state index contributed by atoms with van der Waals surface area (Å²) in [7, 11) is 3.99. The molecule has 0 saturated heterocycles. The fraction of sp³-hybridized carbons (Fsp3) is 0.214. The van der Waals surface area contributed by atoms with E-state index in [2.05, 4.69) is 36.3 Å². The highest BCUT2D eigenvalue weighted by atomic mass is 35.5. The number of carbonyl (C=O) groups excluding carboxylic acids is 2. The molecule has 206 valence electrons. The van der Waals surface area contributed by atoms with Gasteiger partial charge in [0.2, 0.25) is 5.16 Å². The lowest BCUT2D eigenvalue weighted by molar-refractivity contribution is 0.0956. The van der Waals surface area contributed by atoms with Crippen LogP contribution in [0.3, 0.4) is 0 Å². The molecule has 3 aromatic carbocycles. The van der Waals surface area contributed by atoms with Crippen molar-refractivity contribution < 1.29 is 9.59 Å². The number of halogens is 1. The molecule has 0 saturated carbocycles. The quantitative estimate of drug-likeness (QED) is 0.153. The maximum atomic E-state index is 13.1. The molecule has 1 aromatic heterocycles. The summed E-state index contributed by atoms with van der Waals surface area (Å²) < 4.78 is 1.76. The summed E-state index contributed by atoms with van der Waals surface area (Å²) in [6.07, 6.45) is 1.55. The number of hydrogen-bond acceptors (Lipinski definition) is 8. The molecule has 0 unspecified atom stereocenters. The van der Waals surface area contributed by atoms with E-state index in [-0.39, 0.29) is 11.5 Å². The van der Waals surface area contributed by atoms with Crippen LogP contribution in [0.4, 0.5) is 5.69 Å². The van der Waals surface area contributed by atoms with Crippen molar-refractivity contribution in [2.45, 2.75) is 24.4 Å². The number of carbonyl (C=O) groups is 2. The zero-order valence-electron chi connectivity index (χ0n) is 22.3. The molecule has 0 spiro atoms. The summed E-state index contributed by atoms with van der Waals surface area (Å²) in [6.45, 7) is 3.49. The average molecular weight is 577 g/mol. The highest BCUT2D eigenvalue weighted by Gasteiger charge is 2.16. The van der Waals surface area contributed by atoms with Gasteiger partial charge >= 0.3 is 0 Å². The molecule has 0 fully saturated rings. The molecule has 4 aromatic rings. The number of hydrogen-bond donors (Lipinski definition) is 2. The van der Waals surface area contributed by atoms with Gasteiger partial charge in [-0.25, -0.2) is 10.1 Å². The topological polar surface area (TPSA) is 117 Å². The van der Waals surface area contributed by atoms with Crippen molar-refractivity contribution in [2.75, 3.05) is 26.0 Å². The van der Waals surface area contributed by atoms with Gasteiger partial charge in [-0.1, -0.05) is 65.3 Å². The standard InChI is InChI=1S/C28H29ClN8O2S/c1-19-7-9-20(10-8-19)17-30-32-27(39)24-16-23(29)11-12-25(24)31-26(38)22-6-4-5-21(15-22)18-40-28-33-34-35-37(28)14-13-36(2)3/h4-12,15-17H,13-14,18H2,1-3H3,(H,31,38)(H,32,39)/b30-17+. The van der Waals surface area contributed by atoms with E-state index in [0.717, 1.165) is 23.2 Å². The Morgan fingerprint density at radius 1 is 1.07 bits per heavy atom. The zero-order chi connectivity index (χ0) is 28.5. The van der Waals surface area contributed by atoms with Crippen LogP contribution in [0.25, 0.3) is 0 Å². The molecule has 1 heterocycles. The first-order valence-corrected chi connectivity index (χ1v) is 13.8. The Bertz CT molecular complexity index is 1500. The first-order chi connectivity index (χ1) is 19.3. The van der Waals surface area contributed by atoms with Gasteiger partial charge in [0.25, 0.3) is 11.8 Å². The third kappa shape index (κ3) is 8.22. The molecule has 0 atom stereocenters. The summed E-state index contributed by atoms with van der Waals surface area (Å²) >= 11 is 7.64. The van der Waals surface area contributed by atoms with Gasteiger partial charge in [0.15, 0.2) is 0 Å². The molecule has 40 heavy (non-hydrogen) atoms. The van der Waals surface area contributed by atoms with Crippen molar-refractivity contribution in [3.8, 4) is 0 Å². The van der Waals surface area contributed by atoms with E-state index in [4.69, 9.17) is 11.6 Å². The van der Waals surface area contributed by atoms with E-state index < -0.39 is 5.91 Å². The highest BCUT2D eigenvalue weighted by Crippen LogP contribution is 2.23. The lowest BCUT2D eigenvalue weighted by atomic mass is 10.1. The SMILES string of the molecule is Cc1ccc(/C=N/NC(=O)c2cc(Cl)ccc2NC(=O)c2cccc(CSc3nnnn3CCN(C)C)c2)cc1. The second-order valence-electron chi connectivity index (χ2n) is 9.23. The van der Waals surface area contributed by atoms with E-state index in [0.29, 0.717) is 33.7 Å². The van der Waals surface area contributed by atoms with Gasteiger partial charge in [-0.2, -0.15) is 5.10 Å². The third-order valence-corrected chi connectivity index (χ3v) is 7.01. The Balaban J connectivity index is 1.41. The van der Waals surface area contributed by atoms with Crippen LogP contribution in [0.2, 0.25) is 5.02 Å². The minimum absolute atomic E-state index is 0.193. The second-order valence-corrected chi connectivity index (χ2v) is 10.6. The van der Waals surface area contributed by atoms with Crippen molar-refractivity contribution in [2.24, 2.45) is 5.10 Å².